The van der Waals surface area contributed by atoms with Gasteiger partial charge in [0.15, 0.2) is 0 Å². The van der Waals surface area contributed by atoms with Crippen LogP contribution in [0.5, 0.6) is 0 Å². The lowest BCUT2D eigenvalue weighted by Crippen LogP contribution is -3.00. The molecule has 0 radical (unpaired) electrons. The molecule has 0 atom stereocenters. The highest BCUT2D eigenvalue weighted by Gasteiger charge is 2.25. The Bertz CT molecular complexity index is 583. The maximum Gasteiger partial charge on any atom is 0.244 e. The van der Waals surface area contributed by atoms with Crippen LogP contribution in [0.3, 0.4) is 0 Å². The molecule has 2 rings (SSSR count). The molecule has 0 amide bonds. The van der Waals surface area contributed by atoms with Gasteiger partial charge in [0.1, 0.15) is 46.9 Å². The minimum Gasteiger partial charge on any atom is -1.00 e. The Labute approximate surface area is 185 Å². The van der Waals surface area contributed by atoms with Gasteiger partial charge < -0.3 is 24.8 Å². The van der Waals surface area contributed by atoms with Crippen LogP contribution in [0.25, 0.3) is 0 Å². The van der Waals surface area contributed by atoms with E-state index in [1.54, 1.807) is 0 Å². The van der Waals surface area contributed by atoms with Crippen LogP contribution in [-0.4, -0.2) is 9.13 Å². The number of nitrogens with zero attached hydrogens (tertiary/aromatic N) is 4. The van der Waals surface area contributed by atoms with Gasteiger partial charge in [-0.2, -0.15) is 0 Å². The molecule has 6 heteroatoms. The summed E-state index contributed by atoms with van der Waals surface area (Å²) in [5.41, 5.74) is 0.708. The third-order valence-corrected chi connectivity index (χ3v) is 4.37. The van der Waals surface area contributed by atoms with Crippen LogP contribution in [0.4, 0.5) is 0 Å². The van der Waals surface area contributed by atoms with Crippen LogP contribution in [0.1, 0.15) is 83.1 Å². The topological polar surface area (TPSA) is 17.6 Å². The second kappa shape index (κ2) is 9.67. The number of imidazole rings is 2. The number of hydrogen-bond acceptors (Lipinski definition) is 0. The molecule has 2 aromatic rings. The van der Waals surface area contributed by atoms with Crippen LogP contribution in [0.15, 0.2) is 37.4 Å². The van der Waals surface area contributed by atoms with E-state index < -0.39 is 0 Å². The SMILES string of the molecule is CC(C)(C)n1cc[n+](C(C)(C)C)c1.CC(C)(C)n1cc[n+](C(C)(C)C)c1.[Cl-].[Cl-]. The van der Waals surface area contributed by atoms with Crippen molar-refractivity contribution >= 4 is 0 Å². The van der Waals surface area contributed by atoms with Crippen molar-refractivity contribution in [1.82, 2.24) is 9.13 Å². The fraction of sp³-hybridized carbons (Fsp3) is 0.727. The Kier molecular flexibility index (Phi) is 10.1. The van der Waals surface area contributed by atoms with E-state index in [0.29, 0.717) is 0 Å². The molecule has 0 aromatic carbocycles. The molecule has 28 heavy (non-hydrogen) atoms. The Morgan fingerprint density at radius 1 is 0.500 bits per heavy atom. The average molecular weight is 434 g/mol. The minimum absolute atomic E-state index is 0. The number of rotatable bonds is 0. The molecular formula is C22H42Cl2N4. The van der Waals surface area contributed by atoms with Crippen molar-refractivity contribution in [1.29, 1.82) is 0 Å². The smallest absolute Gasteiger partial charge is 0.244 e. The van der Waals surface area contributed by atoms with E-state index in [2.05, 4.69) is 139 Å². The standard InChI is InChI=1S/2C11H21N2.2ClH/c2*1-10(2,3)12-7-8-13(9-12)11(4,5)6;;/h2*7-9H,1-6H3;2*1H/q2*+1;;/p-2. The highest BCUT2D eigenvalue weighted by atomic mass is 35.5. The summed E-state index contributed by atoms with van der Waals surface area (Å²) in [7, 11) is 0. The van der Waals surface area contributed by atoms with Gasteiger partial charge in [0.2, 0.25) is 12.7 Å². The molecular weight excluding hydrogens is 391 g/mol. The first-order valence-corrected chi connectivity index (χ1v) is 9.63. The van der Waals surface area contributed by atoms with Crippen LogP contribution >= 0.6 is 0 Å². The summed E-state index contributed by atoms with van der Waals surface area (Å²) in [6.45, 7) is 26.5. The van der Waals surface area contributed by atoms with Crippen LogP contribution in [-0.2, 0) is 22.2 Å². The maximum atomic E-state index is 2.23. The minimum atomic E-state index is 0. The van der Waals surface area contributed by atoms with Crippen molar-refractivity contribution in [3.8, 4) is 0 Å². The lowest BCUT2D eigenvalue weighted by Gasteiger charge is -2.16. The fourth-order valence-corrected chi connectivity index (χ4v) is 2.30. The van der Waals surface area contributed by atoms with Gasteiger partial charge in [-0.3, -0.25) is 0 Å². The zero-order chi connectivity index (χ0) is 20.6. The lowest BCUT2D eigenvalue weighted by molar-refractivity contribution is -0.754. The Morgan fingerprint density at radius 2 is 0.750 bits per heavy atom. The molecule has 0 aliphatic rings. The molecule has 0 saturated heterocycles. The van der Waals surface area contributed by atoms with Gasteiger partial charge in [0, 0.05) is 0 Å². The van der Waals surface area contributed by atoms with Crippen molar-refractivity contribution < 1.29 is 33.9 Å². The summed E-state index contributed by atoms with van der Waals surface area (Å²) < 4.78 is 8.94. The van der Waals surface area contributed by atoms with Gasteiger partial charge in [-0.1, -0.05) is 0 Å². The van der Waals surface area contributed by atoms with Crippen LogP contribution in [0, 0.1) is 0 Å². The largest absolute Gasteiger partial charge is 1.00 e. The second-order valence-corrected chi connectivity index (χ2v) is 11.1. The molecule has 0 aliphatic heterocycles. The van der Waals surface area contributed by atoms with Crippen molar-refractivity contribution in [3.63, 3.8) is 0 Å². The van der Waals surface area contributed by atoms with Crippen molar-refractivity contribution in [2.45, 2.75) is 105 Å². The number of hydrogen-bond donors (Lipinski definition) is 0. The first-order valence-electron chi connectivity index (χ1n) is 9.63. The summed E-state index contributed by atoms with van der Waals surface area (Å²) in [5.74, 6) is 0. The maximum absolute atomic E-state index is 2.23. The Balaban J connectivity index is 0. The zero-order valence-electron chi connectivity index (χ0n) is 20.0. The molecule has 2 aromatic heterocycles. The summed E-state index contributed by atoms with van der Waals surface area (Å²) in [6.07, 6.45) is 12.9. The highest BCUT2D eigenvalue weighted by Crippen LogP contribution is 2.14. The number of halogens is 2. The molecule has 0 bridgehead atoms. The fourth-order valence-electron chi connectivity index (χ4n) is 2.30. The van der Waals surface area contributed by atoms with Crippen molar-refractivity contribution in [2.24, 2.45) is 0 Å². The van der Waals surface area contributed by atoms with Gasteiger partial charge in [-0.25, -0.2) is 18.3 Å². The highest BCUT2D eigenvalue weighted by molar-refractivity contribution is 4.80. The van der Waals surface area contributed by atoms with Gasteiger partial charge in [-0.15, -0.1) is 0 Å². The summed E-state index contributed by atoms with van der Waals surface area (Å²) in [5, 5.41) is 0. The van der Waals surface area contributed by atoms with E-state index >= 15 is 0 Å². The van der Waals surface area contributed by atoms with Gasteiger partial charge in [0.25, 0.3) is 0 Å². The normalized spacial score (nSPS) is 12.4. The van der Waals surface area contributed by atoms with E-state index in [4.69, 9.17) is 0 Å². The molecule has 0 saturated carbocycles. The van der Waals surface area contributed by atoms with E-state index in [1.165, 1.54) is 0 Å². The predicted octanol–water partition coefficient (Wildman–Crippen LogP) is -1.42. The molecule has 0 aliphatic carbocycles. The Morgan fingerprint density at radius 3 is 0.857 bits per heavy atom. The summed E-state index contributed by atoms with van der Waals surface area (Å²) >= 11 is 0. The first kappa shape index (κ1) is 29.2. The quantitative estimate of drug-likeness (QED) is 0.454. The van der Waals surface area contributed by atoms with E-state index in [1.807, 2.05) is 0 Å². The Hall–Kier alpha value is -1.00. The molecule has 4 nitrogen and oxygen atoms in total. The lowest BCUT2D eigenvalue weighted by atomic mass is 10.1. The van der Waals surface area contributed by atoms with E-state index in [9.17, 15) is 0 Å². The monoisotopic (exact) mass is 432 g/mol. The molecule has 0 spiro atoms. The predicted molar refractivity (Wildman–Crippen MR) is 109 cm³/mol. The van der Waals surface area contributed by atoms with Crippen molar-refractivity contribution in [2.75, 3.05) is 0 Å². The van der Waals surface area contributed by atoms with Gasteiger partial charge in [0.05, 0.1) is 0 Å². The molecule has 164 valence electrons. The molecule has 2 heterocycles. The van der Waals surface area contributed by atoms with Crippen LogP contribution < -0.4 is 33.9 Å². The molecule has 0 N–H and O–H groups in total. The van der Waals surface area contributed by atoms with E-state index in [0.717, 1.165) is 0 Å². The van der Waals surface area contributed by atoms with Crippen molar-refractivity contribution in [3.05, 3.63) is 37.4 Å². The van der Waals surface area contributed by atoms with Gasteiger partial charge in [-0.05, 0) is 83.1 Å². The summed E-state index contributed by atoms with van der Waals surface area (Å²) in [6, 6.07) is 0. The van der Waals surface area contributed by atoms with E-state index in [-0.39, 0.29) is 47.0 Å². The zero-order valence-corrected chi connectivity index (χ0v) is 21.5. The van der Waals surface area contributed by atoms with Crippen LogP contribution in [0.2, 0.25) is 0 Å². The van der Waals surface area contributed by atoms with Gasteiger partial charge >= 0.3 is 0 Å². The third-order valence-electron chi connectivity index (χ3n) is 4.37. The first-order chi connectivity index (χ1) is 11.4. The molecule has 0 unspecified atom stereocenters. The number of aromatic nitrogens is 4. The molecule has 0 fully saturated rings. The third kappa shape index (κ3) is 8.57. The average Bonchev–Trinajstić information content (AvgIpc) is 3.06. The summed E-state index contributed by atoms with van der Waals surface area (Å²) in [4.78, 5) is 0. The second-order valence-electron chi connectivity index (χ2n) is 11.1.